The van der Waals surface area contributed by atoms with Crippen molar-refractivity contribution in [3.8, 4) is 10.7 Å². The number of hydrogen-bond donors (Lipinski definition) is 4. The van der Waals surface area contributed by atoms with E-state index in [1.165, 1.54) is 11.3 Å². The number of aliphatic carboxylic acids is 1. The number of thiophene rings is 1. The molecule has 3 aromatic rings. The van der Waals surface area contributed by atoms with Gasteiger partial charge in [0.2, 0.25) is 0 Å². The Balaban J connectivity index is 1.85. The first-order valence-corrected chi connectivity index (χ1v) is 10.8. The zero-order valence-electron chi connectivity index (χ0n) is 17.7. The van der Waals surface area contributed by atoms with Crippen molar-refractivity contribution >= 4 is 39.8 Å². The first-order chi connectivity index (χ1) is 14.9. The molecule has 2 aromatic heterocycles. The molecule has 2 heterocycles. The normalized spacial score (nSPS) is 10.5. The van der Waals surface area contributed by atoms with Gasteiger partial charge in [0.15, 0.2) is 5.82 Å². The van der Waals surface area contributed by atoms with Crippen LogP contribution >= 0.6 is 11.3 Å². The number of aromatic nitrogens is 2. The quantitative estimate of drug-likeness (QED) is 0.408. The fourth-order valence-electron chi connectivity index (χ4n) is 3.09. The fourth-order valence-corrected chi connectivity index (χ4v) is 3.93. The molecular formula is C22H25N5O3S. The number of carboxylic acids is 1. The molecule has 0 atom stereocenters. The second kappa shape index (κ2) is 10.0. The molecule has 0 aliphatic rings. The zero-order valence-corrected chi connectivity index (χ0v) is 18.5. The van der Waals surface area contributed by atoms with E-state index in [4.69, 9.17) is 10.1 Å². The number of urea groups is 1. The lowest BCUT2D eigenvalue weighted by molar-refractivity contribution is -0.136. The van der Waals surface area contributed by atoms with Crippen LogP contribution < -0.4 is 16.0 Å². The highest BCUT2D eigenvalue weighted by atomic mass is 32.1. The molecule has 2 amide bonds. The first-order valence-electron chi connectivity index (χ1n) is 10.00. The lowest BCUT2D eigenvalue weighted by Crippen LogP contribution is -2.27. The van der Waals surface area contributed by atoms with Crippen molar-refractivity contribution in [2.24, 2.45) is 0 Å². The lowest BCUT2D eigenvalue weighted by Gasteiger charge is -2.14. The van der Waals surface area contributed by atoms with Crippen molar-refractivity contribution < 1.29 is 14.7 Å². The number of aryl methyl sites for hydroxylation is 1. The van der Waals surface area contributed by atoms with Crippen molar-refractivity contribution in [1.82, 2.24) is 15.3 Å². The minimum absolute atomic E-state index is 0.0116. The SMILES string of the molecule is CCNC(=O)Nc1ccc(-c2nc(C)c(CC)c(Nc3ccc(CC(=O)O)cc3)n2)s1. The maximum absolute atomic E-state index is 11.7. The number of nitrogens with zero attached hydrogens (tertiary/aromatic N) is 2. The van der Waals surface area contributed by atoms with Crippen molar-refractivity contribution in [3.05, 3.63) is 53.2 Å². The van der Waals surface area contributed by atoms with E-state index in [0.29, 0.717) is 23.2 Å². The van der Waals surface area contributed by atoms with Gasteiger partial charge < -0.3 is 15.7 Å². The van der Waals surface area contributed by atoms with Gasteiger partial charge in [-0.3, -0.25) is 10.1 Å². The van der Waals surface area contributed by atoms with Gasteiger partial charge in [-0.15, -0.1) is 11.3 Å². The van der Waals surface area contributed by atoms with Crippen LogP contribution in [0.3, 0.4) is 0 Å². The molecule has 3 rings (SSSR count). The molecule has 0 fully saturated rings. The average molecular weight is 440 g/mol. The van der Waals surface area contributed by atoms with Crippen LogP contribution in [0.4, 0.5) is 21.3 Å². The average Bonchev–Trinajstić information content (AvgIpc) is 3.17. The smallest absolute Gasteiger partial charge is 0.319 e. The number of amides is 2. The number of carbonyl (C=O) groups excluding carboxylic acids is 1. The number of rotatable bonds is 8. The van der Waals surface area contributed by atoms with Gasteiger partial charge in [-0.2, -0.15) is 0 Å². The Labute approximate surface area is 184 Å². The number of anilines is 3. The molecule has 8 nitrogen and oxygen atoms in total. The summed E-state index contributed by atoms with van der Waals surface area (Å²) in [5.74, 6) is 0.429. The van der Waals surface area contributed by atoms with E-state index in [1.807, 2.05) is 45.0 Å². The summed E-state index contributed by atoms with van der Waals surface area (Å²) in [5.41, 5.74) is 3.44. The van der Waals surface area contributed by atoms with E-state index in [0.717, 1.165) is 33.8 Å². The minimum Gasteiger partial charge on any atom is -0.481 e. The summed E-state index contributed by atoms with van der Waals surface area (Å²) in [6.45, 7) is 6.41. The van der Waals surface area contributed by atoms with Gasteiger partial charge in [0.1, 0.15) is 5.82 Å². The van der Waals surface area contributed by atoms with Crippen molar-refractivity contribution in [3.63, 3.8) is 0 Å². The van der Waals surface area contributed by atoms with E-state index in [1.54, 1.807) is 12.1 Å². The van der Waals surface area contributed by atoms with Gasteiger partial charge in [0.25, 0.3) is 0 Å². The summed E-state index contributed by atoms with van der Waals surface area (Å²) < 4.78 is 0. The predicted octanol–water partition coefficient (Wildman–Crippen LogP) is 4.59. The molecule has 0 radical (unpaired) electrons. The Morgan fingerprint density at radius 2 is 1.81 bits per heavy atom. The Morgan fingerprint density at radius 1 is 1.06 bits per heavy atom. The van der Waals surface area contributed by atoms with Gasteiger partial charge in [-0.1, -0.05) is 19.1 Å². The Kier molecular flexibility index (Phi) is 7.19. The number of carboxylic acid groups (broad SMARTS) is 1. The fraction of sp³-hybridized carbons (Fsp3) is 0.273. The molecule has 31 heavy (non-hydrogen) atoms. The highest BCUT2D eigenvalue weighted by molar-refractivity contribution is 7.19. The largest absolute Gasteiger partial charge is 0.481 e. The molecule has 0 aliphatic carbocycles. The van der Waals surface area contributed by atoms with E-state index in [-0.39, 0.29) is 12.5 Å². The highest BCUT2D eigenvalue weighted by Crippen LogP contribution is 2.32. The van der Waals surface area contributed by atoms with Gasteiger partial charge in [-0.25, -0.2) is 14.8 Å². The molecule has 0 bridgehead atoms. The van der Waals surface area contributed by atoms with Crippen molar-refractivity contribution in [2.75, 3.05) is 17.2 Å². The molecule has 0 aliphatic heterocycles. The standard InChI is InChI=1S/C22H25N5O3S/c1-4-16-13(3)24-21(17-10-11-18(31-17)26-22(30)23-5-2)27-20(16)25-15-8-6-14(7-9-15)12-19(28)29/h6-11H,4-5,12H2,1-3H3,(H,28,29)(H2,23,26,30)(H,24,25,27). The number of nitrogens with one attached hydrogen (secondary N) is 3. The minimum atomic E-state index is -0.859. The maximum atomic E-state index is 11.7. The molecule has 4 N–H and O–H groups in total. The summed E-state index contributed by atoms with van der Waals surface area (Å²) in [5, 5.41) is 18.5. The summed E-state index contributed by atoms with van der Waals surface area (Å²) in [6, 6.07) is 10.7. The number of hydrogen-bond acceptors (Lipinski definition) is 6. The van der Waals surface area contributed by atoms with Crippen LogP contribution in [-0.4, -0.2) is 33.6 Å². The van der Waals surface area contributed by atoms with E-state index < -0.39 is 5.97 Å². The third kappa shape index (κ3) is 5.79. The van der Waals surface area contributed by atoms with Gasteiger partial charge >= 0.3 is 12.0 Å². The lowest BCUT2D eigenvalue weighted by atomic mass is 10.1. The van der Waals surface area contributed by atoms with Gasteiger partial charge in [0, 0.05) is 23.5 Å². The summed E-state index contributed by atoms with van der Waals surface area (Å²) in [7, 11) is 0. The third-order valence-corrected chi connectivity index (χ3v) is 5.54. The Bertz CT molecular complexity index is 1080. The van der Waals surface area contributed by atoms with Crippen LogP contribution in [0.1, 0.15) is 30.7 Å². The first kappa shape index (κ1) is 22.2. The Hall–Kier alpha value is -3.46. The molecule has 162 valence electrons. The molecule has 0 saturated carbocycles. The summed E-state index contributed by atoms with van der Waals surface area (Å²) in [6.07, 6.45) is 0.752. The second-order valence-corrected chi connectivity index (χ2v) is 7.94. The van der Waals surface area contributed by atoms with Gasteiger partial charge in [0.05, 0.1) is 16.3 Å². The molecular weight excluding hydrogens is 414 g/mol. The van der Waals surface area contributed by atoms with E-state index in [9.17, 15) is 9.59 Å². The van der Waals surface area contributed by atoms with Crippen LogP contribution in [0.5, 0.6) is 0 Å². The van der Waals surface area contributed by atoms with Crippen LogP contribution in [0.15, 0.2) is 36.4 Å². The number of benzene rings is 1. The van der Waals surface area contributed by atoms with Gasteiger partial charge in [-0.05, 0) is 50.1 Å². The third-order valence-electron chi connectivity index (χ3n) is 4.54. The summed E-state index contributed by atoms with van der Waals surface area (Å²) in [4.78, 5) is 32.9. The predicted molar refractivity (Wildman–Crippen MR) is 123 cm³/mol. The summed E-state index contributed by atoms with van der Waals surface area (Å²) >= 11 is 1.40. The van der Waals surface area contributed by atoms with Crippen LogP contribution in [0.25, 0.3) is 10.7 Å². The molecule has 9 heteroatoms. The zero-order chi connectivity index (χ0) is 22.4. The van der Waals surface area contributed by atoms with Crippen molar-refractivity contribution in [1.29, 1.82) is 0 Å². The molecule has 0 spiro atoms. The molecule has 0 unspecified atom stereocenters. The highest BCUT2D eigenvalue weighted by Gasteiger charge is 2.14. The number of carbonyl (C=O) groups is 2. The van der Waals surface area contributed by atoms with Crippen LogP contribution in [0.2, 0.25) is 0 Å². The molecule has 1 aromatic carbocycles. The van der Waals surface area contributed by atoms with Crippen LogP contribution in [-0.2, 0) is 17.6 Å². The topological polar surface area (TPSA) is 116 Å². The van der Waals surface area contributed by atoms with Crippen molar-refractivity contribution in [2.45, 2.75) is 33.6 Å². The monoisotopic (exact) mass is 439 g/mol. The Morgan fingerprint density at radius 3 is 2.45 bits per heavy atom. The van der Waals surface area contributed by atoms with E-state index >= 15 is 0 Å². The van der Waals surface area contributed by atoms with E-state index in [2.05, 4.69) is 20.9 Å². The maximum Gasteiger partial charge on any atom is 0.319 e. The molecule has 0 saturated heterocycles. The van der Waals surface area contributed by atoms with Crippen LogP contribution in [0, 0.1) is 6.92 Å². The second-order valence-electron chi connectivity index (χ2n) is 6.85.